The smallest absolute Gasteiger partial charge is 0.256 e. The summed E-state index contributed by atoms with van der Waals surface area (Å²) in [6, 6.07) is 6.50. The van der Waals surface area contributed by atoms with Crippen LogP contribution in [0.5, 0.6) is 0 Å². The minimum atomic E-state index is -1.26. The van der Waals surface area contributed by atoms with Gasteiger partial charge in [-0.2, -0.15) is 0 Å². The van der Waals surface area contributed by atoms with Crippen LogP contribution in [0.2, 0.25) is 0 Å². The van der Waals surface area contributed by atoms with Crippen LogP contribution in [0.15, 0.2) is 30.3 Å². The average Bonchev–Trinajstić information content (AvgIpc) is 2.70. The average molecular weight is 433 g/mol. The van der Waals surface area contributed by atoms with Crippen molar-refractivity contribution >= 4 is 17.3 Å². The summed E-state index contributed by atoms with van der Waals surface area (Å²) in [5.74, 6) is -3.60. The van der Waals surface area contributed by atoms with Crippen molar-refractivity contribution in [2.24, 2.45) is 0 Å². The summed E-state index contributed by atoms with van der Waals surface area (Å²) in [7, 11) is 0. The molecule has 2 atom stereocenters. The molecule has 0 aromatic heterocycles. The molecule has 2 heterocycles. The van der Waals surface area contributed by atoms with Crippen molar-refractivity contribution in [2.45, 2.75) is 50.8 Å². The van der Waals surface area contributed by atoms with Gasteiger partial charge in [-0.15, -0.1) is 0 Å². The van der Waals surface area contributed by atoms with E-state index in [2.05, 4.69) is 17.6 Å². The highest BCUT2D eigenvalue weighted by atomic mass is 19.2. The van der Waals surface area contributed by atoms with Crippen molar-refractivity contribution in [1.29, 1.82) is 0 Å². The van der Waals surface area contributed by atoms with Crippen molar-refractivity contribution in [3.05, 3.63) is 58.9 Å². The molecular formula is C23H26F3N3O2. The van der Waals surface area contributed by atoms with E-state index < -0.39 is 34.6 Å². The molecule has 5 nitrogen and oxygen atoms in total. The van der Waals surface area contributed by atoms with Crippen molar-refractivity contribution in [1.82, 2.24) is 10.2 Å². The fraction of sp³-hybridized carbons (Fsp3) is 0.435. The van der Waals surface area contributed by atoms with Crippen molar-refractivity contribution < 1.29 is 23.1 Å². The van der Waals surface area contributed by atoms with E-state index in [1.807, 2.05) is 0 Å². The van der Waals surface area contributed by atoms with Gasteiger partial charge in [0.1, 0.15) is 11.4 Å². The van der Waals surface area contributed by atoms with Crippen LogP contribution in [0, 0.1) is 24.4 Å². The Kier molecular flexibility index (Phi) is 5.70. The monoisotopic (exact) mass is 433 g/mol. The van der Waals surface area contributed by atoms with Gasteiger partial charge in [0.15, 0.2) is 11.6 Å². The third-order valence-corrected chi connectivity index (χ3v) is 6.19. The maximum atomic E-state index is 14.6. The van der Waals surface area contributed by atoms with Crippen molar-refractivity contribution in [3.63, 3.8) is 0 Å². The molecule has 4 rings (SSSR count). The number of hydrogen-bond donors (Lipinski definition) is 3. The van der Waals surface area contributed by atoms with Gasteiger partial charge in [-0.05, 0) is 56.5 Å². The number of anilines is 2. The Balaban J connectivity index is 1.56. The zero-order valence-corrected chi connectivity index (χ0v) is 17.5. The molecule has 3 N–H and O–H groups in total. The van der Waals surface area contributed by atoms with Crippen molar-refractivity contribution in [2.75, 3.05) is 18.4 Å². The first kappa shape index (κ1) is 21.6. The molecule has 31 heavy (non-hydrogen) atoms. The predicted molar refractivity (Wildman–Crippen MR) is 112 cm³/mol. The second kappa shape index (κ2) is 8.16. The number of β-amino-alcohol motifs (C(OH)–C–C–N with tert-alkyl or cyclic N) is 1. The van der Waals surface area contributed by atoms with Crippen LogP contribution >= 0.6 is 0 Å². The highest BCUT2D eigenvalue weighted by Gasteiger charge is 2.50. The van der Waals surface area contributed by atoms with Gasteiger partial charge in [-0.1, -0.05) is 12.5 Å². The van der Waals surface area contributed by atoms with Gasteiger partial charge in [0.25, 0.3) is 5.91 Å². The van der Waals surface area contributed by atoms with Crippen molar-refractivity contribution in [3.8, 4) is 0 Å². The van der Waals surface area contributed by atoms with Gasteiger partial charge in [-0.25, -0.2) is 13.2 Å². The molecule has 8 heteroatoms. The molecule has 166 valence electrons. The van der Waals surface area contributed by atoms with Crippen LogP contribution in [-0.2, 0) is 0 Å². The Labute approximate surface area is 179 Å². The topological polar surface area (TPSA) is 64.6 Å². The number of aliphatic hydroxyl groups is 1. The van der Waals surface area contributed by atoms with Crippen LogP contribution < -0.4 is 10.6 Å². The molecule has 0 spiro atoms. The van der Waals surface area contributed by atoms with E-state index in [4.69, 9.17) is 0 Å². The molecule has 0 radical (unpaired) electrons. The van der Waals surface area contributed by atoms with E-state index in [9.17, 15) is 23.1 Å². The normalized spacial score (nSPS) is 22.7. The number of piperidine rings is 1. The number of carbonyl (C=O) groups is 1. The first-order valence-electron chi connectivity index (χ1n) is 10.5. The quantitative estimate of drug-likeness (QED) is 0.685. The first-order valence-corrected chi connectivity index (χ1v) is 10.5. The van der Waals surface area contributed by atoms with Gasteiger partial charge in [-0.3, -0.25) is 4.79 Å². The number of nitrogens with one attached hydrogen (secondary N) is 2. The fourth-order valence-corrected chi connectivity index (χ4v) is 4.42. The van der Waals surface area contributed by atoms with Crippen LogP contribution in [0.3, 0.4) is 0 Å². The number of nitrogens with zero attached hydrogens (tertiary/aromatic N) is 1. The van der Waals surface area contributed by atoms with Gasteiger partial charge in [0, 0.05) is 12.1 Å². The molecule has 2 aliphatic heterocycles. The van der Waals surface area contributed by atoms with E-state index in [1.54, 1.807) is 13.0 Å². The van der Waals surface area contributed by atoms with E-state index >= 15 is 0 Å². The lowest BCUT2D eigenvalue weighted by molar-refractivity contribution is -0.111. The van der Waals surface area contributed by atoms with Gasteiger partial charge >= 0.3 is 0 Å². The minimum absolute atomic E-state index is 0.0651. The van der Waals surface area contributed by atoms with E-state index in [0.717, 1.165) is 25.3 Å². The number of hydrogen-bond acceptors (Lipinski definition) is 4. The molecular weight excluding hydrogens is 407 g/mol. The molecule has 2 aliphatic rings. The highest BCUT2D eigenvalue weighted by molar-refractivity contribution is 6.01. The second-order valence-electron chi connectivity index (χ2n) is 8.71. The molecule has 0 saturated carbocycles. The molecule has 1 amide bonds. The zero-order valence-electron chi connectivity index (χ0n) is 17.5. The van der Waals surface area contributed by atoms with Gasteiger partial charge < -0.3 is 20.6 Å². The minimum Gasteiger partial charge on any atom is -0.385 e. The molecule has 2 fully saturated rings. The van der Waals surface area contributed by atoms with Crippen LogP contribution in [0.4, 0.5) is 24.5 Å². The Hall–Kier alpha value is -2.58. The summed E-state index contributed by atoms with van der Waals surface area (Å²) in [6.07, 6.45) is 2.84. The number of benzene rings is 2. The number of carbonyl (C=O) groups excluding carboxylic acids is 1. The highest BCUT2D eigenvalue weighted by Crippen LogP contribution is 2.34. The van der Waals surface area contributed by atoms with Gasteiger partial charge in [0.2, 0.25) is 0 Å². The molecule has 2 aromatic rings. The Morgan fingerprint density at radius 3 is 2.58 bits per heavy atom. The maximum absolute atomic E-state index is 14.6. The first-order chi connectivity index (χ1) is 14.7. The summed E-state index contributed by atoms with van der Waals surface area (Å²) >= 11 is 0. The predicted octanol–water partition coefficient (Wildman–Crippen LogP) is 3.87. The molecule has 0 aliphatic carbocycles. The standard InChI is InChI=1S/C23H26F3N3O2/c1-13-6-9-18(17(25)10-13)28-21-15(7-8-16(24)20(21)26)22(30)29-11-23(31,12-29)19-5-3-4-14(2)27-19/h6-10,14,19,27-28,31H,3-5,11-12H2,1-2H3. The van der Waals surface area contributed by atoms with Gasteiger partial charge in [0.05, 0.1) is 30.0 Å². The van der Waals surface area contributed by atoms with E-state index in [-0.39, 0.29) is 30.4 Å². The molecule has 0 bridgehead atoms. The lowest BCUT2D eigenvalue weighted by atomic mass is 9.80. The number of aryl methyl sites for hydroxylation is 1. The van der Waals surface area contributed by atoms with E-state index in [1.165, 1.54) is 23.1 Å². The Bertz CT molecular complexity index is 1010. The number of likely N-dealkylation sites (tertiary alicyclic amines) is 1. The molecule has 2 saturated heterocycles. The van der Waals surface area contributed by atoms with E-state index in [0.29, 0.717) is 11.6 Å². The molecule has 2 aromatic carbocycles. The summed E-state index contributed by atoms with van der Waals surface area (Å²) in [5.41, 5.74) is -0.993. The van der Waals surface area contributed by atoms with Crippen LogP contribution in [-0.4, -0.2) is 46.7 Å². The third kappa shape index (κ3) is 4.14. The zero-order chi connectivity index (χ0) is 22.3. The summed E-state index contributed by atoms with van der Waals surface area (Å²) < 4.78 is 42.8. The van der Waals surface area contributed by atoms with Crippen LogP contribution in [0.25, 0.3) is 0 Å². The lowest BCUT2D eigenvalue weighted by Crippen LogP contribution is -2.72. The number of halogens is 3. The summed E-state index contributed by atoms with van der Waals surface area (Å²) in [5, 5.41) is 16.8. The lowest BCUT2D eigenvalue weighted by Gasteiger charge is -2.52. The number of rotatable bonds is 4. The largest absolute Gasteiger partial charge is 0.385 e. The SMILES string of the molecule is Cc1ccc(Nc2c(C(=O)N3CC(O)(C4CCCC(C)N4)C3)ccc(F)c2F)c(F)c1. The Morgan fingerprint density at radius 1 is 1.16 bits per heavy atom. The Morgan fingerprint density at radius 2 is 1.90 bits per heavy atom. The molecule has 2 unspecified atom stereocenters. The summed E-state index contributed by atoms with van der Waals surface area (Å²) in [4.78, 5) is 14.4. The summed E-state index contributed by atoms with van der Waals surface area (Å²) in [6.45, 7) is 3.94. The fourth-order valence-electron chi connectivity index (χ4n) is 4.42. The third-order valence-electron chi connectivity index (χ3n) is 6.19. The number of amides is 1. The van der Waals surface area contributed by atoms with Crippen LogP contribution in [0.1, 0.15) is 42.1 Å². The maximum Gasteiger partial charge on any atom is 0.256 e. The second-order valence-corrected chi connectivity index (χ2v) is 8.71.